The van der Waals surface area contributed by atoms with E-state index in [1.54, 1.807) is 12.5 Å². The molecular formula is C21H22N2O3. The minimum atomic E-state index is -0.383. The van der Waals surface area contributed by atoms with Crippen molar-refractivity contribution in [2.24, 2.45) is 0 Å². The molecule has 1 amide bonds. The van der Waals surface area contributed by atoms with Crippen LogP contribution in [0.2, 0.25) is 0 Å². The van der Waals surface area contributed by atoms with Crippen LogP contribution in [0.25, 0.3) is 0 Å². The van der Waals surface area contributed by atoms with E-state index < -0.39 is 0 Å². The third-order valence-corrected chi connectivity index (χ3v) is 5.33. The van der Waals surface area contributed by atoms with E-state index in [-0.39, 0.29) is 24.0 Å². The van der Waals surface area contributed by atoms with E-state index in [4.69, 9.17) is 4.74 Å². The Bertz CT molecular complexity index is 815. The van der Waals surface area contributed by atoms with Gasteiger partial charge in [-0.05, 0) is 24.3 Å². The van der Waals surface area contributed by atoms with Gasteiger partial charge in [0.15, 0.2) is 5.78 Å². The molecule has 1 aliphatic carbocycles. The summed E-state index contributed by atoms with van der Waals surface area (Å²) in [6, 6.07) is 9.68. The normalized spacial score (nSPS) is 23.0. The van der Waals surface area contributed by atoms with Gasteiger partial charge in [-0.1, -0.05) is 30.3 Å². The summed E-state index contributed by atoms with van der Waals surface area (Å²) in [5, 5.41) is 0. The first-order valence-corrected chi connectivity index (χ1v) is 8.96. The molecule has 0 saturated carbocycles. The van der Waals surface area contributed by atoms with Gasteiger partial charge in [-0.25, -0.2) is 0 Å². The summed E-state index contributed by atoms with van der Waals surface area (Å²) in [5.74, 6) is -0.344. The number of ether oxygens (including phenoxy) is 1. The SMILES string of the molecule is CN1CCN(C(=O)CC2=C3C=COC=C3C(c3ccccc3)C2=O)CC1. The van der Waals surface area contributed by atoms with Gasteiger partial charge in [-0.3, -0.25) is 9.59 Å². The first-order chi connectivity index (χ1) is 12.6. The number of allylic oxidation sites excluding steroid dienone is 3. The van der Waals surface area contributed by atoms with E-state index in [2.05, 4.69) is 11.9 Å². The second-order valence-corrected chi connectivity index (χ2v) is 6.97. The Balaban J connectivity index is 1.60. The van der Waals surface area contributed by atoms with Gasteiger partial charge in [0, 0.05) is 37.3 Å². The van der Waals surface area contributed by atoms with E-state index in [9.17, 15) is 9.59 Å². The van der Waals surface area contributed by atoms with Crippen LogP contribution in [0.3, 0.4) is 0 Å². The van der Waals surface area contributed by atoms with Gasteiger partial charge < -0.3 is 14.5 Å². The number of hydrogen-bond acceptors (Lipinski definition) is 4. The maximum atomic E-state index is 13.2. The van der Waals surface area contributed by atoms with Crippen molar-refractivity contribution in [3.8, 4) is 0 Å². The zero-order valence-corrected chi connectivity index (χ0v) is 14.9. The molecule has 2 heterocycles. The van der Waals surface area contributed by atoms with E-state index in [1.807, 2.05) is 41.3 Å². The molecule has 1 saturated heterocycles. The number of benzene rings is 1. The van der Waals surface area contributed by atoms with Crippen LogP contribution in [0.5, 0.6) is 0 Å². The lowest BCUT2D eigenvalue weighted by Gasteiger charge is -2.32. The summed E-state index contributed by atoms with van der Waals surface area (Å²) in [6.07, 6.45) is 5.17. The fourth-order valence-corrected chi connectivity index (χ4v) is 3.80. The maximum absolute atomic E-state index is 13.2. The summed E-state index contributed by atoms with van der Waals surface area (Å²) in [5.41, 5.74) is 3.23. The first-order valence-electron chi connectivity index (χ1n) is 8.96. The second kappa shape index (κ2) is 6.92. The number of ketones is 1. The van der Waals surface area contributed by atoms with Gasteiger partial charge in [-0.15, -0.1) is 0 Å². The fourth-order valence-electron chi connectivity index (χ4n) is 3.80. The van der Waals surface area contributed by atoms with Crippen molar-refractivity contribution in [1.29, 1.82) is 0 Å². The molecule has 0 spiro atoms. The Morgan fingerprint density at radius 1 is 1.15 bits per heavy atom. The Kier molecular flexibility index (Phi) is 4.47. The van der Waals surface area contributed by atoms with Crippen molar-refractivity contribution in [2.45, 2.75) is 12.3 Å². The molecule has 5 nitrogen and oxygen atoms in total. The second-order valence-electron chi connectivity index (χ2n) is 6.97. The van der Waals surface area contributed by atoms with Crippen molar-refractivity contribution in [2.75, 3.05) is 33.2 Å². The van der Waals surface area contributed by atoms with E-state index in [0.717, 1.165) is 42.9 Å². The summed E-state index contributed by atoms with van der Waals surface area (Å²) in [6.45, 7) is 3.18. The minimum Gasteiger partial charge on any atom is -0.472 e. The molecule has 1 unspecified atom stereocenters. The van der Waals surface area contributed by atoms with Gasteiger partial charge in [0.2, 0.25) is 5.91 Å². The lowest BCUT2D eigenvalue weighted by atomic mass is 9.90. The number of fused-ring (bicyclic) bond motifs is 1. The average molecular weight is 350 g/mol. The molecule has 1 atom stereocenters. The molecule has 2 aliphatic heterocycles. The standard InChI is InChI=1S/C21H22N2O3/c1-22-8-10-23(11-9-22)19(24)13-17-16-7-12-26-14-18(16)20(21(17)25)15-5-3-2-4-6-15/h2-7,12,14,20H,8-11,13H2,1H3. The molecule has 5 heteroatoms. The predicted octanol–water partition coefficient (Wildman–Crippen LogP) is 2.24. The van der Waals surface area contributed by atoms with E-state index >= 15 is 0 Å². The number of hydrogen-bond donors (Lipinski definition) is 0. The summed E-state index contributed by atoms with van der Waals surface area (Å²) in [7, 11) is 2.06. The quantitative estimate of drug-likeness (QED) is 0.839. The Hall–Kier alpha value is -2.66. The highest BCUT2D eigenvalue weighted by Gasteiger charge is 2.39. The molecule has 0 radical (unpaired) electrons. The van der Waals surface area contributed by atoms with Gasteiger partial charge >= 0.3 is 0 Å². The van der Waals surface area contributed by atoms with Crippen LogP contribution in [0.4, 0.5) is 0 Å². The monoisotopic (exact) mass is 350 g/mol. The third-order valence-electron chi connectivity index (χ3n) is 5.33. The van der Waals surface area contributed by atoms with Crippen LogP contribution in [0.1, 0.15) is 17.9 Å². The molecule has 3 aliphatic rings. The summed E-state index contributed by atoms with van der Waals surface area (Å²) in [4.78, 5) is 30.0. The highest BCUT2D eigenvalue weighted by molar-refractivity contribution is 6.11. The van der Waals surface area contributed by atoms with Crippen LogP contribution in [0.15, 0.2) is 65.7 Å². The zero-order chi connectivity index (χ0) is 18.1. The van der Waals surface area contributed by atoms with E-state index in [0.29, 0.717) is 5.57 Å². The predicted molar refractivity (Wildman–Crippen MR) is 98.2 cm³/mol. The average Bonchev–Trinajstić information content (AvgIpc) is 2.95. The number of carbonyl (C=O) groups is 2. The molecule has 0 bridgehead atoms. The summed E-state index contributed by atoms with van der Waals surface area (Å²) >= 11 is 0. The van der Waals surface area contributed by atoms with Crippen molar-refractivity contribution in [3.05, 3.63) is 71.2 Å². The molecular weight excluding hydrogens is 328 g/mol. The lowest BCUT2D eigenvalue weighted by Crippen LogP contribution is -2.47. The highest BCUT2D eigenvalue weighted by atomic mass is 16.5. The lowest BCUT2D eigenvalue weighted by molar-refractivity contribution is -0.132. The first kappa shape index (κ1) is 16.8. The molecule has 0 N–H and O–H groups in total. The number of amides is 1. The zero-order valence-electron chi connectivity index (χ0n) is 14.9. The molecule has 1 fully saturated rings. The van der Waals surface area contributed by atoms with Crippen LogP contribution >= 0.6 is 0 Å². The molecule has 134 valence electrons. The largest absolute Gasteiger partial charge is 0.472 e. The van der Waals surface area contributed by atoms with Crippen LogP contribution in [-0.2, 0) is 14.3 Å². The molecule has 4 rings (SSSR count). The van der Waals surface area contributed by atoms with Gasteiger partial charge in [0.25, 0.3) is 0 Å². The van der Waals surface area contributed by atoms with Crippen LogP contribution < -0.4 is 0 Å². The molecule has 26 heavy (non-hydrogen) atoms. The van der Waals surface area contributed by atoms with Crippen molar-refractivity contribution < 1.29 is 14.3 Å². The van der Waals surface area contributed by atoms with Crippen LogP contribution in [-0.4, -0.2) is 54.7 Å². The Labute approximate surface area is 153 Å². The molecule has 1 aromatic carbocycles. The number of piperazine rings is 1. The fraction of sp³-hybridized carbons (Fsp3) is 0.333. The minimum absolute atomic E-state index is 0.00933. The van der Waals surface area contributed by atoms with Gasteiger partial charge in [0.1, 0.15) is 0 Å². The van der Waals surface area contributed by atoms with Gasteiger partial charge in [-0.2, -0.15) is 0 Å². The number of Topliss-reactive ketones (excluding diaryl/α,β-unsaturated/α-hetero) is 1. The molecule has 0 aromatic heterocycles. The molecule has 1 aromatic rings. The number of likely N-dealkylation sites (N-methyl/N-ethyl adjacent to an activating group) is 1. The Morgan fingerprint density at radius 2 is 1.88 bits per heavy atom. The third kappa shape index (κ3) is 2.99. The highest BCUT2D eigenvalue weighted by Crippen LogP contribution is 2.43. The topological polar surface area (TPSA) is 49.9 Å². The maximum Gasteiger partial charge on any atom is 0.227 e. The number of nitrogens with zero attached hydrogens (tertiary/aromatic N) is 2. The smallest absolute Gasteiger partial charge is 0.227 e. The van der Waals surface area contributed by atoms with Crippen molar-refractivity contribution >= 4 is 11.7 Å². The number of rotatable bonds is 3. The van der Waals surface area contributed by atoms with Gasteiger partial charge in [0.05, 0.1) is 24.9 Å². The van der Waals surface area contributed by atoms with Crippen molar-refractivity contribution in [1.82, 2.24) is 9.80 Å². The summed E-state index contributed by atoms with van der Waals surface area (Å²) < 4.78 is 5.34. The van der Waals surface area contributed by atoms with E-state index in [1.165, 1.54) is 0 Å². The Morgan fingerprint density at radius 3 is 2.62 bits per heavy atom. The van der Waals surface area contributed by atoms with Crippen LogP contribution in [0, 0.1) is 0 Å². The number of carbonyl (C=O) groups excluding carboxylic acids is 2. The van der Waals surface area contributed by atoms with Crippen molar-refractivity contribution in [3.63, 3.8) is 0 Å².